The number of carbonyl (C=O) groups is 1. The smallest absolute Gasteiger partial charge is 0.232 e. The van der Waals surface area contributed by atoms with Gasteiger partial charge in [-0.05, 0) is 43.5 Å². The van der Waals surface area contributed by atoms with Crippen molar-refractivity contribution in [2.24, 2.45) is 11.1 Å². The molecule has 1 aliphatic heterocycles. The molecule has 20 heavy (non-hydrogen) atoms. The minimum Gasteiger partial charge on any atom is -0.496 e. The lowest BCUT2D eigenvalue weighted by atomic mass is 9.79. The number of hydrogen-bond donors (Lipinski definition) is 2. The third-order valence-corrected chi connectivity index (χ3v) is 3.98. The van der Waals surface area contributed by atoms with E-state index in [2.05, 4.69) is 5.32 Å². The third kappa shape index (κ3) is 2.94. The molecule has 110 valence electrons. The summed E-state index contributed by atoms with van der Waals surface area (Å²) < 4.78 is 10.5. The van der Waals surface area contributed by atoms with Crippen LogP contribution in [0, 0.1) is 12.3 Å². The van der Waals surface area contributed by atoms with Gasteiger partial charge in [-0.1, -0.05) is 0 Å². The van der Waals surface area contributed by atoms with E-state index in [9.17, 15) is 4.79 Å². The standard InChI is InChI=1S/C15H22N2O3/c1-11-9-12(3-4-13(11)19-2)17-14(18)15(10-16)5-7-20-8-6-15/h3-4,9H,5-8,10,16H2,1-2H3,(H,17,18). The largest absolute Gasteiger partial charge is 0.496 e. The van der Waals surface area contributed by atoms with Gasteiger partial charge < -0.3 is 20.5 Å². The molecule has 0 bridgehead atoms. The number of carbonyl (C=O) groups excluding carboxylic acids is 1. The van der Waals surface area contributed by atoms with Gasteiger partial charge in [0.1, 0.15) is 5.75 Å². The van der Waals surface area contributed by atoms with Gasteiger partial charge in [0.15, 0.2) is 0 Å². The molecule has 1 aliphatic rings. The molecule has 0 spiro atoms. The molecule has 0 aromatic heterocycles. The number of aryl methyl sites for hydroxylation is 1. The number of anilines is 1. The molecule has 1 heterocycles. The lowest BCUT2D eigenvalue weighted by molar-refractivity contribution is -0.130. The summed E-state index contributed by atoms with van der Waals surface area (Å²) in [4.78, 5) is 12.5. The Labute approximate surface area is 119 Å². The average molecular weight is 278 g/mol. The molecule has 2 rings (SSSR count). The van der Waals surface area contributed by atoms with E-state index in [1.165, 1.54) is 0 Å². The molecule has 0 aliphatic carbocycles. The SMILES string of the molecule is COc1ccc(NC(=O)C2(CN)CCOCC2)cc1C. The maximum absolute atomic E-state index is 12.5. The first-order valence-corrected chi connectivity index (χ1v) is 6.85. The van der Waals surface area contributed by atoms with Crippen LogP contribution in [0.5, 0.6) is 5.75 Å². The van der Waals surface area contributed by atoms with Gasteiger partial charge in [0, 0.05) is 25.4 Å². The lowest BCUT2D eigenvalue weighted by Gasteiger charge is -2.34. The van der Waals surface area contributed by atoms with E-state index >= 15 is 0 Å². The highest BCUT2D eigenvalue weighted by atomic mass is 16.5. The van der Waals surface area contributed by atoms with Gasteiger partial charge in [-0.15, -0.1) is 0 Å². The van der Waals surface area contributed by atoms with Gasteiger partial charge in [-0.3, -0.25) is 4.79 Å². The van der Waals surface area contributed by atoms with Crippen LogP contribution in [0.4, 0.5) is 5.69 Å². The van der Waals surface area contributed by atoms with E-state index in [0.717, 1.165) is 17.0 Å². The first-order valence-electron chi connectivity index (χ1n) is 6.85. The van der Waals surface area contributed by atoms with Crippen LogP contribution in [0.1, 0.15) is 18.4 Å². The topological polar surface area (TPSA) is 73.6 Å². The van der Waals surface area contributed by atoms with Crippen molar-refractivity contribution in [2.45, 2.75) is 19.8 Å². The van der Waals surface area contributed by atoms with Crippen molar-refractivity contribution in [3.63, 3.8) is 0 Å². The molecule has 5 heteroatoms. The van der Waals surface area contributed by atoms with Crippen molar-refractivity contribution in [1.82, 2.24) is 0 Å². The zero-order valence-corrected chi connectivity index (χ0v) is 12.1. The molecular formula is C15H22N2O3. The first-order chi connectivity index (χ1) is 9.61. The second-order valence-corrected chi connectivity index (χ2v) is 5.24. The minimum atomic E-state index is -0.508. The van der Waals surface area contributed by atoms with Gasteiger partial charge in [0.25, 0.3) is 0 Å². The minimum absolute atomic E-state index is 0.0205. The van der Waals surface area contributed by atoms with Crippen LogP contribution in [-0.4, -0.2) is 32.8 Å². The van der Waals surface area contributed by atoms with Gasteiger partial charge in [-0.2, -0.15) is 0 Å². The maximum Gasteiger partial charge on any atom is 0.232 e. The van der Waals surface area contributed by atoms with Crippen LogP contribution in [0.25, 0.3) is 0 Å². The van der Waals surface area contributed by atoms with Crippen molar-refractivity contribution in [3.05, 3.63) is 23.8 Å². The van der Waals surface area contributed by atoms with Crippen LogP contribution in [0.3, 0.4) is 0 Å². The Balaban J connectivity index is 2.12. The Hall–Kier alpha value is -1.59. The number of methoxy groups -OCH3 is 1. The normalized spacial score (nSPS) is 17.6. The van der Waals surface area contributed by atoms with Crippen molar-refractivity contribution >= 4 is 11.6 Å². The van der Waals surface area contributed by atoms with Crippen molar-refractivity contribution in [1.29, 1.82) is 0 Å². The zero-order chi connectivity index (χ0) is 14.6. The van der Waals surface area contributed by atoms with E-state index in [4.69, 9.17) is 15.2 Å². The fourth-order valence-corrected chi connectivity index (χ4v) is 2.51. The summed E-state index contributed by atoms with van der Waals surface area (Å²) in [6, 6.07) is 5.59. The Bertz CT molecular complexity index is 482. The van der Waals surface area contributed by atoms with Gasteiger partial charge in [0.2, 0.25) is 5.91 Å². The fourth-order valence-electron chi connectivity index (χ4n) is 2.51. The maximum atomic E-state index is 12.5. The number of amides is 1. The van der Waals surface area contributed by atoms with Crippen LogP contribution >= 0.6 is 0 Å². The Morgan fingerprint density at radius 2 is 2.15 bits per heavy atom. The molecule has 0 saturated carbocycles. The van der Waals surface area contributed by atoms with Crippen LogP contribution in [-0.2, 0) is 9.53 Å². The first kappa shape index (κ1) is 14.8. The highest BCUT2D eigenvalue weighted by Gasteiger charge is 2.38. The predicted octanol–water partition coefficient (Wildman–Crippen LogP) is 1.70. The molecule has 3 N–H and O–H groups in total. The monoisotopic (exact) mass is 278 g/mol. The van der Waals surface area contributed by atoms with E-state index in [-0.39, 0.29) is 5.91 Å². The zero-order valence-electron chi connectivity index (χ0n) is 12.1. The van der Waals surface area contributed by atoms with E-state index < -0.39 is 5.41 Å². The number of nitrogens with two attached hydrogens (primary N) is 1. The second-order valence-electron chi connectivity index (χ2n) is 5.24. The average Bonchev–Trinajstić information content (AvgIpc) is 2.48. The highest BCUT2D eigenvalue weighted by Crippen LogP contribution is 2.31. The Kier molecular flexibility index (Phi) is 4.62. The fraction of sp³-hybridized carbons (Fsp3) is 0.533. The molecule has 5 nitrogen and oxygen atoms in total. The van der Waals surface area contributed by atoms with Crippen LogP contribution < -0.4 is 15.8 Å². The van der Waals surface area contributed by atoms with Gasteiger partial charge in [0.05, 0.1) is 12.5 Å². The number of hydrogen-bond acceptors (Lipinski definition) is 4. The number of rotatable bonds is 4. The summed E-state index contributed by atoms with van der Waals surface area (Å²) in [7, 11) is 1.63. The lowest BCUT2D eigenvalue weighted by Crippen LogP contribution is -2.46. The Morgan fingerprint density at radius 1 is 1.45 bits per heavy atom. The molecule has 1 amide bonds. The number of benzene rings is 1. The summed E-state index contributed by atoms with van der Waals surface area (Å²) in [5, 5.41) is 2.97. The molecule has 0 radical (unpaired) electrons. The molecule has 1 aromatic carbocycles. The predicted molar refractivity (Wildman–Crippen MR) is 77.9 cm³/mol. The third-order valence-electron chi connectivity index (χ3n) is 3.98. The summed E-state index contributed by atoms with van der Waals surface area (Å²) in [6.45, 7) is 3.47. The second kappa shape index (κ2) is 6.24. The molecule has 1 fully saturated rings. The number of nitrogens with one attached hydrogen (secondary N) is 1. The number of ether oxygens (including phenoxy) is 2. The van der Waals surface area contributed by atoms with Gasteiger partial charge in [-0.25, -0.2) is 0 Å². The van der Waals surface area contributed by atoms with E-state index in [1.807, 2.05) is 25.1 Å². The van der Waals surface area contributed by atoms with Crippen LogP contribution in [0.2, 0.25) is 0 Å². The molecular weight excluding hydrogens is 256 g/mol. The van der Waals surface area contributed by atoms with Gasteiger partial charge >= 0.3 is 0 Å². The quantitative estimate of drug-likeness (QED) is 0.879. The molecule has 0 atom stereocenters. The van der Waals surface area contributed by atoms with Crippen molar-refractivity contribution < 1.29 is 14.3 Å². The molecule has 1 saturated heterocycles. The van der Waals surface area contributed by atoms with Crippen molar-refractivity contribution in [2.75, 3.05) is 32.2 Å². The summed E-state index contributed by atoms with van der Waals surface area (Å²) in [5.74, 6) is 0.787. The molecule has 1 aromatic rings. The summed E-state index contributed by atoms with van der Waals surface area (Å²) in [6.07, 6.45) is 1.34. The van der Waals surface area contributed by atoms with E-state index in [1.54, 1.807) is 7.11 Å². The summed E-state index contributed by atoms with van der Waals surface area (Å²) >= 11 is 0. The van der Waals surface area contributed by atoms with E-state index in [0.29, 0.717) is 32.6 Å². The highest BCUT2D eigenvalue weighted by molar-refractivity contribution is 5.95. The summed E-state index contributed by atoms with van der Waals surface area (Å²) in [5.41, 5.74) is 7.08. The van der Waals surface area contributed by atoms with Crippen molar-refractivity contribution in [3.8, 4) is 5.75 Å². The molecule has 0 unspecified atom stereocenters. The Morgan fingerprint density at radius 3 is 2.70 bits per heavy atom. The van der Waals surface area contributed by atoms with Crippen LogP contribution in [0.15, 0.2) is 18.2 Å².